The highest BCUT2D eigenvalue weighted by Gasteiger charge is 2.04. The zero-order chi connectivity index (χ0) is 18.3. The monoisotopic (exact) mass is 353 g/mol. The molecule has 0 aromatic heterocycles. The molecule has 0 saturated carbocycles. The van der Waals surface area contributed by atoms with Crippen LogP contribution in [0.15, 0.2) is 71.3 Å². The van der Waals surface area contributed by atoms with E-state index in [9.17, 15) is 0 Å². The van der Waals surface area contributed by atoms with Crippen LogP contribution in [0, 0.1) is 10.2 Å². The van der Waals surface area contributed by atoms with E-state index in [2.05, 4.69) is 41.0 Å². The lowest BCUT2D eigenvalue weighted by molar-refractivity contribution is -2.00. The van der Waals surface area contributed by atoms with Crippen molar-refractivity contribution in [2.75, 3.05) is 14.1 Å². The second kappa shape index (κ2) is 8.77. The van der Waals surface area contributed by atoms with Crippen molar-refractivity contribution in [3.05, 3.63) is 71.3 Å². The number of allylic oxidation sites excluding steroid dienone is 12. The Morgan fingerprint density at radius 3 is 1.67 bits per heavy atom. The molecule has 0 amide bonds. The molecular formula is C17H20ClNO5. The van der Waals surface area contributed by atoms with Crippen LogP contribution in [0.1, 0.15) is 13.8 Å². The molecule has 0 unspecified atom stereocenters. The highest BCUT2D eigenvalue weighted by atomic mass is 35.7. The predicted molar refractivity (Wildman–Crippen MR) is 80.2 cm³/mol. The molecule has 130 valence electrons. The van der Waals surface area contributed by atoms with Crippen LogP contribution in [0.5, 0.6) is 0 Å². The molecule has 6 nitrogen and oxygen atoms in total. The summed E-state index contributed by atoms with van der Waals surface area (Å²) in [5.74, 6) is 1.87. The molecule has 0 fully saturated rings. The van der Waals surface area contributed by atoms with Crippen molar-refractivity contribution in [2.24, 2.45) is 0 Å². The Bertz CT molecular complexity index is 640. The van der Waals surface area contributed by atoms with Gasteiger partial charge in [0.05, 0.1) is 0 Å². The molecule has 24 heavy (non-hydrogen) atoms. The van der Waals surface area contributed by atoms with Gasteiger partial charge in [-0.15, -0.1) is 10.2 Å². The normalized spacial score (nSPS) is 16.6. The average molecular weight is 354 g/mol. The molecule has 0 radical (unpaired) electrons. The predicted octanol–water partition coefficient (Wildman–Crippen LogP) is -1.24. The van der Waals surface area contributed by atoms with Gasteiger partial charge in [-0.25, -0.2) is 23.2 Å². The highest BCUT2D eigenvalue weighted by Crippen LogP contribution is 2.18. The first kappa shape index (κ1) is 20.1. The lowest BCUT2D eigenvalue weighted by Crippen LogP contribution is -2.68. The first-order chi connectivity index (χ1) is 11.0. The van der Waals surface area contributed by atoms with E-state index in [4.69, 9.17) is 23.4 Å². The minimum Gasteiger partial charge on any atom is -0.467 e. The van der Waals surface area contributed by atoms with E-state index in [1.807, 2.05) is 40.1 Å². The molecule has 1 aliphatic heterocycles. The molecule has 1 aliphatic carbocycles. The van der Waals surface area contributed by atoms with Crippen molar-refractivity contribution in [1.29, 1.82) is 0 Å². The van der Waals surface area contributed by atoms with Crippen LogP contribution in [0.2, 0.25) is 0 Å². The minimum atomic E-state index is -4.94. The van der Waals surface area contributed by atoms with Crippen molar-refractivity contribution in [3.8, 4) is 0 Å². The van der Waals surface area contributed by atoms with E-state index < -0.39 is 10.2 Å². The Labute approximate surface area is 143 Å². The largest absolute Gasteiger partial charge is 0.467 e. The summed E-state index contributed by atoms with van der Waals surface area (Å²) in [7, 11) is -0.853. The first-order valence-corrected chi connectivity index (χ1v) is 8.26. The highest BCUT2D eigenvalue weighted by molar-refractivity contribution is 6.02. The van der Waals surface area contributed by atoms with Gasteiger partial charge in [0.2, 0.25) is 0 Å². The molecule has 0 atom stereocenters. The fraction of sp³-hybridized carbons (Fsp3) is 0.235. The van der Waals surface area contributed by atoms with Crippen molar-refractivity contribution in [2.45, 2.75) is 13.8 Å². The van der Waals surface area contributed by atoms with Gasteiger partial charge in [0, 0.05) is 12.2 Å². The van der Waals surface area contributed by atoms with Gasteiger partial charge >= 0.3 is 0 Å². The molecule has 0 N–H and O–H groups in total. The van der Waals surface area contributed by atoms with Gasteiger partial charge in [-0.2, -0.15) is 0 Å². The van der Waals surface area contributed by atoms with Gasteiger partial charge in [-0.3, -0.25) is 0 Å². The van der Waals surface area contributed by atoms with Crippen LogP contribution in [0.4, 0.5) is 0 Å². The Balaban J connectivity index is 0.000000505. The van der Waals surface area contributed by atoms with Crippen molar-refractivity contribution < 1.29 is 38.2 Å². The smallest absolute Gasteiger partial charge is 0.199 e. The molecular weight excluding hydrogens is 334 g/mol. The lowest BCUT2D eigenvalue weighted by atomic mass is 10.1. The maximum absolute atomic E-state index is 8.49. The molecule has 2 aliphatic rings. The maximum atomic E-state index is 8.49. The SMILES string of the molecule is CC1=CC(=CC=C2C=CC(=[N+](C)C)C=C2)C=C(C)O1.[O-][Cl+3]([O-])([O-])[O-]. The molecule has 7 heteroatoms. The molecule has 0 spiro atoms. The van der Waals surface area contributed by atoms with E-state index in [-0.39, 0.29) is 0 Å². The van der Waals surface area contributed by atoms with Crippen LogP contribution >= 0.6 is 0 Å². The zero-order valence-electron chi connectivity index (χ0n) is 14.0. The summed E-state index contributed by atoms with van der Waals surface area (Å²) in [6.45, 7) is 3.94. The maximum Gasteiger partial charge on any atom is 0.199 e. The van der Waals surface area contributed by atoms with Crippen molar-refractivity contribution in [1.82, 2.24) is 0 Å². The van der Waals surface area contributed by atoms with E-state index in [0.717, 1.165) is 17.1 Å². The number of hydrogen-bond donors (Lipinski definition) is 0. The third-order valence-electron chi connectivity index (χ3n) is 2.94. The second-order valence-corrected chi connectivity index (χ2v) is 6.07. The molecule has 1 heterocycles. The van der Waals surface area contributed by atoms with Gasteiger partial charge in [0.15, 0.2) is 5.71 Å². The fourth-order valence-corrected chi connectivity index (χ4v) is 2.00. The van der Waals surface area contributed by atoms with E-state index in [1.165, 1.54) is 11.3 Å². The Kier molecular flexibility index (Phi) is 7.34. The molecule has 0 saturated heterocycles. The van der Waals surface area contributed by atoms with Gasteiger partial charge in [0.1, 0.15) is 25.6 Å². The van der Waals surface area contributed by atoms with Gasteiger partial charge in [-0.1, -0.05) is 12.2 Å². The summed E-state index contributed by atoms with van der Waals surface area (Å²) >= 11 is 0. The van der Waals surface area contributed by atoms with Gasteiger partial charge in [-0.05, 0) is 49.3 Å². The Hall–Kier alpha value is -1.96. The fourth-order valence-electron chi connectivity index (χ4n) is 2.00. The van der Waals surface area contributed by atoms with Crippen LogP contribution in [0.25, 0.3) is 0 Å². The molecule has 2 rings (SSSR count). The van der Waals surface area contributed by atoms with Crippen LogP contribution in [-0.4, -0.2) is 24.4 Å². The van der Waals surface area contributed by atoms with Gasteiger partial charge in [0.25, 0.3) is 0 Å². The summed E-state index contributed by atoms with van der Waals surface area (Å²) < 4.78 is 41.5. The first-order valence-electron chi connectivity index (χ1n) is 7.03. The van der Waals surface area contributed by atoms with Crippen LogP contribution < -0.4 is 18.6 Å². The van der Waals surface area contributed by atoms with Crippen molar-refractivity contribution >= 4 is 5.71 Å². The summed E-state index contributed by atoms with van der Waals surface area (Å²) in [6, 6.07) is 0. The second-order valence-electron chi connectivity index (χ2n) is 5.31. The third-order valence-corrected chi connectivity index (χ3v) is 2.94. The summed E-state index contributed by atoms with van der Waals surface area (Å²) in [5, 5.41) is 0. The van der Waals surface area contributed by atoms with Crippen molar-refractivity contribution in [3.63, 3.8) is 0 Å². The molecule has 0 aromatic carbocycles. The van der Waals surface area contributed by atoms with E-state index >= 15 is 0 Å². The number of halogens is 1. The van der Waals surface area contributed by atoms with Crippen LogP contribution in [-0.2, 0) is 4.74 Å². The quantitative estimate of drug-likeness (QED) is 0.548. The lowest BCUT2D eigenvalue weighted by Gasteiger charge is -2.17. The molecule has 0 aromatic rings. The molecule has 0 bridgehead atoms. The summed E-state index contributed by atoms with van der Waals surface area (Å²) in [4.78, 5) is 0. The number of ether oxygens (including phenoxy) is 1. The zero-order valence-corrected chi connectivity index (χ0v) is 14.7. The Morgan fingerprint density at radius 2 is 1.25 bits per heavy atom. The average Bonchev–Trinajstić information content (AvgIpc) is 2.43. The van der Waals surface area contributed by atoms with E-state index in [0.29, 0.717) is 0 Å². The summed E-state index contributed by atoms with van der Waals surface area (Å²) in [6.07, 6.45) is 16.8. The standard InChI is InChI=1S/C17H20NO.ClHO4/c1-13-11-16(12-14(2)19-13)6-5-15-7-9-17(10-8-15)18(3)4;2-1(3,4)5/h5-12H,1-4H3;(H,2,3,4,5)/q+1;/p-1. The number of hydrogen-bond acceptors (Lipinski definition) is 5. The Morgan fingerprint density at radius 1 is 0.833 bits per heavy atom. The van der Waals surface area contributed by atoms with E-state index in [1.54, 1.807) is 0 Å². The minimum absolute atomic E-state index is 0.933. The third kappa shape index (κ3) is 8.61. The summed E-state index contributed by atoms with van der Waals surface area (Å²) in [5.41, 5.74) is 3.57. The topological polar surface area (TPSA) is 104 Å². The van der Waals surface area contributed by atoms with Crippen LogP contribution in [0.3, 0.4) is 0 Å². The number of rotatable bonds is 1. The number of nitrogens with zero attached hydrogens (tertiary/aromatic N) is 1. The van der Waals surface area contributed by atoms with Gasteiger partial charge < -0.3 is 4.74 Å².